The molecular weight excluding hydrogens is 384 g/mol. The molecule has 0 bridgehead atoms. The van der Waals surface area contributed by atoms with Crippen LogP contribution in [-0.2, 0) is 22.4 Å². The molecule has 1 aromatic carbocycles. The van der Waals surface area contributed by atoms with Gasteiger partial charge in [0, 0.05) is 56.2 Å². The van der Waals surface area contributed by atoms with E-state index in [1.54, 1.807) is 6.92 Å². The molecule has 2 atom stereocenters. The molecule has 3 heterocycles. The lowest BCUT2D eigenvalue weighted by Gasteiger charge is -2.29. The molecule has 0 spiro atoms. The number of aromatic nitrogens is 1. The molecule has 154 valence electrons. The monoisotopic (exact) mass is 412 g/mol. The van der Waals surface area contributed by atoms with Crippen LogP contribution in [0.1, 0.15) is 31.0 Å². The SMILES string of the molecule is CC(=O)N1C[C@@H]2CN(C(=O)CCc3csc(N)n3)C[C@]2(CCc2ccccc2)C1. The van der Waals surface area contributed by atoms with Gasteiger partial charge < -0.3 is 15.5 Å². The van der Waals surface area contributed by atoms with Crippen molar-refractivity contribution in [3.05, 3.63) is 47.0 Å². The maximum atomic E-state index is 12.9. The van der Waals surface area contributed by atoms with Gasteiger partial charge in [-0.2, -0.15) is 0 Å². The molecule has 2 amide bonds. The van der Waals surface area contributed by atoms with Crippen molar-refractivity contribution in [2.45, 2.75) is 32.6 Å². The number of amides is 2. The summed E-state index contributed by atoms with van der Waals surface area (Å²) in [4.78, 5) is 33.1. The van der Waals surface area contributed by atoms with Gasteiger partial charge in [-0.15, -0.1) is 11.3 Å². The third kappa shape index (κ3) is 4.29. The van der Waals surface area contributed by atoms with Crippen molar-refractivity contribution < 1.29 is 9.59 Å². The summed E-state index contributed by atoms with van der Waals surface area (Å²) in [6.45, 7) is 4.65. The third-order valence-electron chi connectivity index (χ3n) is 6.48. The second-order valence-corrected chi connectivity index (χ2v) is 9.29. The highest BCUT2D eigenvalue weighted by atomic mass is 32.1. The Kier molecular flexibility index (Phi) is 5.58. The minimum absolute atomic E-state index is 0.00221. The van der Waals surface area contributed by atoms with Crippen LogP contribution in [0.2, 0.25) is 0 Å². The number of anilines is 1. The number of carbonyl (C=O) groups excluding carboxylic acids is 2. The van der Waals surface area contributed by atoms with E-state index in [-0.39, 0.29) is 17.2 Å². The first-order valence-electron chi connectivity index (χ1n) is 10.2. The number of rotatable bonds is 6. The summed E-state index contributed by atoms with van der Waals surface area (Å²) in [5.74, 6) is 0.672. The van der Waals surface area contributed by atoms with Crippen LogP contribution in [0.25, 0.3) is 0 Å². The molecule has 0 saturated carbocycles. The van der Waals surface area contributed by atoms with Crippen molar-refractivity contribution in [3.63, 3.8) is 0 Å². The molecule has 2 aliphatic rings. The summed E-state index contributed by atoms with van der Waals surface area (Å²) in [5.41, 5.74) is 7.89. The number of nitrogen functional groups attached to an aromatic ring is 1. The maximum Gasteiger partial charge on any atom is 0.222 e. The van der Waals surface area contributed by atoms with Gasteiger partial charge in [0.1, 0.15) is 0 Å². The van der Waals surface area contributed by atoms with E-state index in [1.807, 2.05) is 21.2 Å². The van der Waals surface area contributed by atoms with E-state index in [1.165, 1.54) is 16.9 Å². The van der Waals surface area contributed by atoms with Gasteiger partial charge in [-0.05, 0) is 24.8 Å². The van der Waals surface area contributed by atoms with E-state index >= 15 is 0 Å². The highest BCUT2D eigenvalue weighted by Crippen LogP contribution is 2.46. The van der Waals surface area contributed by atoms with Crippen LogP contribution in [0.3, 0.4) is 0 Å². The van der Waals surface area contributed by atoms with Crippen molar-refractivity contribution in [2.24, 2.45) is 11.3 Å². The highest BCUT2D eigenvalue weighted by Gasteiger charge is 2.53. The van der Waals surface area contributed by atoms with Gasteiger partial charge in [-0.3, -0.25) is 9.59 Å². The number of hydrogen-bond donors (Lipinski definition) is 1. The van der Waals surface area contributed by atoms with Gasteiger partial charge in [0.25, 0.3) is 0 Å². The minimum atomic E-state index is 0.00221. The first-order chi connectivity index (χ1) is 13.9. The maximum absolute atomic E-state index is 12.9. The molecule has 1 aromatic heterocycles. The van der Waals surface area contributed by atoms with Gasteiger partial charge in [0.05, 0.1) is 5.69 Å². The van der Waals surface area contributed by atoms with E-state index in [9.17, 15) is 9.59 Å². The van der Waals surface area contributed by atoms with E-state index in [0.29, 0.717) is 23.9 Å². The molecule has 0 unspecified atom stereocenters. The number of nitrogens with zero attached hydrogens (tertiary/aromatic N) is 3. The average molecular weight is 413 g/mol. The quantitative estimate of drug-likeness (QED) is 0.791. The number of nitrogens with two attached hydrogens (primary N) is 1. The summed E-state index contributed by atoms with van der Waals surface area (Å²) in [6.07, 6.45) is 3.06. The number of hydrogen-bond acceptors (Lipinski definition) is 5. The molecule has 4 rings (SSSR count). The molecule has 7 heteroatoms. The van der Waals surface area contributed by atoms with Crippen LogP contribution in [-0.4, -0.2) is 52.8 Å². The van der Waals surface area contributed by atoms with Gasteiger partial charge >= 0.3 is 0 Å². The van der Waals surface area contributed by atoms with Gasteiger partial charge in [-0.1, -0.05) is 30.3 Å². The third-order valence-corrected chi connectivity index (χ3v) is 7.20. The zero-order valence-electron chi connectivity index (χ0n) is 16.8. The lowest BCUT2D eigenvalue weighted by molar-refractivity contribution is -0.131. The number of thiazole rings is 1. The Morgan fingerprint density at radius 2 is 1.90 bits per heavy atom. The van der Waals surface area contributed by atoms with Crippen LogP contribution >= 0.6 is 11.3 Å². The molecule has 2 saturated heterocycles. The van der Waals surface area contributed by atoms with Crippen LogP contribution in [0.15, 0.2) is 35.7 Å². The summed E-state index contributed by atoms with van der Waals surface area (Å²) in [7, 11) is 0. The second-order valence-electron chi connectivity index (χ2n) is 8.40. The van der Waals surface area contributed by atoms with Gasteiger partial charge in [-0.25, -0.2) is 4.98 Å². The van der Waals surface area contributed by atoms with Crippen LogP contribution in [0, 0.1) is 11.3 Å². The van der Waals surface area contributed by atoms with Crippen molar-refractivity contribution in [2.75, 3.05) is 31.9 Å². The second kappa shape index (κ2) is 8.14. The Bertz CT molecular complexity index is 884. The molecule has 2 aliphatic heterocycles. The predicted octanol–water partition coefficient (Wildman–Crippen LogP) is 2.60. The van der Waals surface area contributed by atoms with Crippen molar-refractivity contribution in [1.82, 2.24) is 14.8 Å². The average Bonchev–Trinajstić information content (AvgIpc) is 3.37. The van der Waals surface area contributed by atoms with Crippen molar-refractivity contribution in [3.8, 4) is 0 Å². The van der Waals surface area contributed by atoms with Crippen LogP contribution in [0.5, 0.6) is 0 Å². The number of carbonyl (C=O) groups is 2. The van der Waals surface area contributed by atoms with Gasteiger partial charge in [0.15, 0.2) is 5.13 Å². The molecule has 29 heavy (non-hydrogen) atoms. The first kappa shape index (κ1) is 19.9. The molecule has 6 nitrogen and oxygen atoms in total. The van der Waals surface area contributed by atoms with E-state index in [4.69, 9.17) is 5.73 Å². The summed E-state index contributed by atoms with van der Waals surface area (Å²) in [5, 5.41) is 2.47. The molecule has 0 radical (unpaired) electrons. The van der Waals surface area contributed by atoms with E-state index in [0.717, 1.165) is 44.7 Å². The lowest BCUT2D eigenvalue weighted by Crippen LogP contribution is -2.38. The normalized spacial score (nSPS) is 23.4. The first-order valence-corrected chi connectivity index (χ1v) is 11.1. The highest BCUT2D eigenvalue weighted by molar-refractivity contribution is 7.13. The molecular formula is C22H28N4O2S. The predicted molar refractivity (Wildman–Crippen MR) is 114 cm³/mol. The largest absolute Gasteiger partial charge is 0.375 e. The zero-order valence-corrected chi connectivity index (χ0v) is 17.7. The standard InChI is InChI=1S/C22H28N4O2S/c1-16(27)25-11-18-12-26(20(28)8-7-19-13-29-21(23)24-19)15-22(18,14-25)10-9-17-5-3-2-4-6-17/h2-6,13,18H,7-12,14-15H2,1H3,(H2,23,24)/t18-,22+/m1/s1. The Labute approximate surface area is 175 Å². The molecule has 2 fully saturated rings. The molecule has 0 aliphatic carbocycles. The van der Waals surface area contributed by atoms with E-state index in [2.05, 4.69) is 29.2 Å². The van der Waals surface area contributed by atoms with Crippen molar-refractivity contribution >= 4 is 28.3 Å². The van der Waals surface area contributed by atoms with Crippen LogP contribution in [0.4, 0.5) is 5.13 Å². The van der Waals surface area contributed by atoms with Gasteiger partial charge in [0.2, 0.25) is 11.8 Å². The zero-order chi connectivity index (χ0) is 20.4. The Morgan fingerprint density at radius 1 is 1.17 bits per heavy atom. The smallest absolute Gasteiger partial charge is 0.222 e. The Balaban J connectivity index is 1.42. The topological polar surface area (TPSA) is 79.5 Å². The number of benzene rings is 1. The minimum Gasteiger partial charge on any atom is -0.375 e. The summed E-state index contributed by atoms with van der Waals surface area (Å²) >= 11 is 1.41. The summed E-state index contributed by atoms with van der Waals surface area (Å²) in [6, 6.07) is 10.5. The Hall–Kier alpha value is -2.41. The van der Waals surface area contributed by atoms with Crippen LogP contribution < -0.4 is 5.73 Å². The number of likely N-dealkylation sites (tertiary alicyclic amines) is 2. The Morgan fingerprint density at radius 3 is 2.59 bits per heavy atom. The summed E-state index contributed by atoms with van der Waals surface area (Å²) < 4.78 is 0. The fourth-order valence-electron chi connectivity index (χ4n) is 4.84. The fraction of sp³-hybridized carbons (Fsp3) is 0.500. The van der Waals surface area contributed by atoms with E-state index < -0.39 is 0 Å². The lowest BCUT2D eigenvalue weighted by atomic mass is 9.76. The number of aryl methyl sites for hydroxylation is 2. The molecule has 2 aromatic rings. The molecule has 2 N–H and O–H groups in total. The van der Waals surface area contributed by atoms with Crippen molar-refractivity contribution in [1.29, 1.82) is 0 Å². The fourth-order valence-corrected chi connectivity index (χ4v) is 5.43. The number of fused-ring (bicyclic) bond motifs is 1.